The summed E-state index contributed by atoms with van der Waals surface area (Å²) in [6.45, 7) is 11.5. The minimum Gasteiger partial charge on any atom is -0.471 e. The van der Waals surface area contributed by atoms with Crippen molar-refractivity contribution in [3.8, 4) is 0 Å². The fraction of sp³-hybridized carbons (Fsp3) is 0.667. The first-order valence-electron chi connectivity index (χ1n) is 12.5. The number of phosphoric ester groups is 1. The molecule has 238 valence electrons. The van der Waals surface area contributed by atoms with Crippen molar-refractivity contribution < 1.29 is 51.4 Å². The Morgan fingerprint density at radius 1 is 1.12 bits per heavy atom. The van der Waals surface area contributed by atoms with Gasteiger partial charge < -0.3 is 29.8 Å². The number of carbonyl (C=O) groups is 1. The van der Waals surface area contributed by atoms with Gasteiger partial charge in [0.05, 0.1) is 17.5 Å². The molecule has 0 saturated carbocycles. The van der Waals surface area contributed by atoms with Gasteiger partial charge in [-0.1, -0.05) is 27.4 Å². The van der Waals surface area contributed by atoms with E-state index in [1.807, 2.05) is 20.8 Å². The van der Waals surface area contributed by atoms with E-state index >= 15 is 4.39 Å². The van der Waals surface area contributed by atoms with Crippen LogP contribution >= 0.6 is 7.82 Å². The number of imidazole rings is 1. The Balaban J connectivity index is 2.29. The van der Waals surface area contributed by atoms with Crippen LogP contribution in [0.4, 0.5) is 10.3 Å². The number of alkyl halides is 1. The van der Waals surface area contributed by atoms with Gasteiger partial charge >= 0.3 is 13.8 Å². The number of nitrogens with one attached hydrogen (secondary N) is 1. The van der Waals surface area contributed by atoms with Gasteiger partial charge in [-0.15, -0.1) is 0 Å². The van der Waals surface area contributed by atoms with E-state index in [0.29, 0.717) is 0 Å². The molecule has 0 amide bonds. The highest BCUT2D eigenvalue weighted by molar-refractivity contribution is 7.48. The number of anilines is 1. The van der Waals surface area contributed by atoms with Gasteiger partial charge in [0, 0.05) is 19.6 Å². The summed E-state index contributed by atoms with van der Waals surface area (Å²) in [4.78, 5) is 34.1. The molecule has 2 aromatic heterocycles. The maximum absolute atomic E-state index is 15.7. The lowest BCUT2D eigenvalue weighted by atomic mass is 9.95. The van der Waals surface area contributed by atoms with Crippen LogP contribution in [0.1, 0.15) is 47.8 Å². The molecule has 0 spiro atoms. The number of halogens is 1. The molecular formula is C24H39FN5O11P. The molecule has 0 radical (unpaired) electrons. The first-order valence-corrected chi connectivity index (χ1v) is 13.9. The molecule has 1 unspecified atom stereocenters. The fourth-order valence-corrected chi connectivity index (χ4v) is 3.96. The number of aromatic amines is 1. The summed E-state index contributed by atoms with van der Waals surface area (Å²) in [7, 11) is -2.55. The van der Waals surface area contributed by atoms with Gasteiger partial charge in [-0.2, -0.15) is 4.98 Å². The Morgan fingerprint density at radius 2 is 1.69 bits per heavy atom. The number of hydrogen-bond donors (Lipinski definition) is 3. The Bertz CT molecular complexity index is 1310. The van der Waals surface area contributed by atoms with Crippen molar-refractivity contribution in [2.45, 2.75) is 59.7 Å². The number of H-pyrrole nitrogens is 1. The molecule has 2 heterocycles. The van der Waals surface area contributed by atoms with E-state index in [2.05, 4.69) is 21.5 Å². The second kappa shape index (κ2) is 13.6. The lowest BCUT2D eigenvalue weighted by Crippen LogP contribution is -2.52. The van der Waals surface area contributed by atoms with Crippen LogP contribution in [-0.2, 0) is 41.9 Å². The minimum atomic E-state index is -4.67. The van der Waals surface area contributed by atoms with Crippen LogP contribution in [0.3, 0.4) is 0 Å². The number of hydrogen-bond acceptors (Lipinski definition) is 14. The molecule has 0 fully saturated rings. The van der Waals surface area contributed by atoms with Crippen LogP contribution < -0.4 is 11.3 Å². The monoisotopic (exact) mass is 623 g/mol. The fourth-order valence-electron chi connectivity index (χ4n) is 3.03. The Kier molecular flexibility index (Phi) is 11.4. The molecule has 0 aromatic carbocycles. The highest BCUT2D eigenvalue weighted by atomic mass is 31.2. The topological polar surface area (TPSA) is 209 Å². The zero-order valence-corrected chi connectivity index (χ0v) is 25.7. The summed E-state index contributed by atoms with van der Waals surface area (Å²) in [5.41, 5.74) is 2.92. The van der Waals surface area contributed by atoms with Crippen molar-refractivity contribution in [3.63, 3.8) is 0 Å². The van der Waals surface area contributed by atoms with Crippen molar-refractivity contribution in [1.82, 2.24) is 19.5 Å². The van der Waals surface area contributed by atoms with Gasteiger partial charge in [0.25, 0.3) is 5.56 Å². The average molecular weight is 624 g/mol. The molecule has 3 atom stereocenters. The largest absolute Gasteiger partial charge is 0.480 e. The predicted molar refractivity (Wildman–Crippen MR) is 146 cm³/mol. The van der Waals surface area contributed by atoms with E-state index in [0.717, 1.165) is 25.1 Å². The van der Waals surface area contributed by atoms with E-state index < -0.39 is 68.6 Å². The van der Waals surface area contributed by atoms with Crippen LogP contribution in [0.15, 0.2) is 23.5 Å². The van der Waals surface area contributed by atoms with E-state index in [9.17, 15) is 19.3 Å². The maximum atomic E-state index is 15.7. The molecule has 42 heavy (non-hydrogen) atoms. The van der Waals surface area contributed by atoms with Crippen LogP contribution in [-0.4, -0.2) is 76.9 Å². The van der Waals surface area contributed by atoms with Crippen molar-refractivity contribution in [3.05, 3.63) is 29.0 Å². The first kappa shape index (κ1) is 35.3. The van der Waals surface area contributed by atoms with E-state index in [1.54, 1.807) is 20.8 Å². The lowest BCUT2D eigenvalue weighted by Gasteiger charge is -2.36. The smallest absolute Gasteiger partial charge is 0.471 e. The van der Waals surface area contributed by atoms with Crippen molar-refractivity contribution in [1.29, 1.82) is 0 Å². The number of phosphoric acid groups is 1. The van der Waals surface area contributed by atoms with E-state index in [1.165, 1.54) is 0 Å². The molecule has 0 saturated heterocycles. The molecule has 2 rings (SSSR count). The number of rotatable bonds is 15. The number of aromatic nitrogens is 4. The van der Waals surface area contributed by atoms with Gasteiger partial charge in [0.2, 0.25) is 24.8 Å². The van der Waals surface area contributed by atoms with Crippen molar-refractivity contribution in [2.24, 2.45) is 10.8 Å². The van der Waals surface area contributed by atoms with Gasteiger partial charge in [0.15, 0.2) is 24.1 Å². The number of allylic oxidation sites excluding steroid dienone is 1. The number of fused-ring (bicyclic) bond motifs is 1. The Morgan fingerprint density at radius 3 is 2.21 bits per heavy atom. The van der Waals surface area contributed by atoms with Gasteiger partial charge in [0.1, 0.15) is 6.61 Å². The number of nitrogens with two attached hydrogens (primary N) is 1. The second-order valence-corrected chi connectivity index (χ2v) is 12.7. The predicted octanol–water partition coefficient (Wildman–Crippen LogP) is 2.76. The summed E-state index contributed by atoms with van der Waals surface area (Å²) < 4.78 is 66.5. The third kappa shape index (κ3) is 8.56. The van der Waals surface area contributed by atoms with E-state index in [-0.39, 0.29) is 22.9 Å². The summed E-state index contributed by atoms with van der Waals surface area (Å²) in [5, 5.41) is 11.0. The van der Waals surface area contributed by atoms with Crippen molar-refractivity contribution >= 4 is 30.9 Å². The summed E-state index contributed by atoms with van der Waals surface area (Å²) >= 11 is 0. The van der Waals surface area contributed by atoms with Gasteiger partial charge in [-0.25, -0.2) is 23.0 Å². The summed E-state index contributed by atoms with van der Waals surface area (Å²) in [6.07, 6.45) is -3.70. The maximum Gasteiger partial charge on any atom is 0.480 e. The number of aliphatic hydroxyl groups is 1. The normalized spacial score (nSPS) is 15.7. The van der Waals surface area contributed by atoms with Crippen molar-refractivity contribution in [2.75, 3.05) is 40.1 Å². The third-order valence-electron chi connectivity index (χ3n) is 5.84. The van der Waals surface area contributed by atoms with Gasteiger partial charge in [-0.3, -0.25) is 23.7 Å². The Hall–Kier alpha value is -2.92. The number of nitrogen functional groups attached to an aromatic ring is 1. The molecular weight excluding hydrogens is 584 g/mol. The highest BCUT2D eigenvalue weighted by Crippen LogP contribution is 2.51. The van der Waals surface area contributed by atoms with Crippen LogP contribution in [0.25, 0.3) is 11.2 Å². The average Bonchev–Trinajstić information content (AvgIpc) is 3.32. The molecule has 0 aliphatic carbocycles. The molecule has 2 aromatic rings. The number of ether oxygens (including phenoxy) is 4. The standard InChI is InChI=1S/C24H39FN5O11P/c1-14(22(2,3)4)37-12-40-42(34,41-13-38-20(33)23(5,6)7)39-10-24(35-8,36-9)16(31)17(25)30-11-27-15-18(30)28-21(26)29-19(15)32/h11,16-17,31H,1,10,12-13H2,2-9H3,(H3,26,28,29,32)/t16-,17-,42?/m0/s1. The number of esters is 1. The summed E-state index contributed by atoms with van der Waals surface area (Å²) in [6, 6.07) is 0. The third-order valence-corrected chi connectivity index (χ3v) is 7.12. The van der Waals surface area contributed by atoms with Crippen LogP contribution in [0.2, 0.25) is 0 Å². The van der Waals surface area contributed by atoms with E-state index in [4.69, 9.17) is 38.3 Å². The van der Waals surface area contributed by atoms with Gasteiger partial charge in [-0.05, 0) is 20.8 Å². The molecule has 0 aliphatic rings. The molecule has 18 heteroatoms. The SMILES string of the molecule is C=C(OCOP(=O)(OCOC(=O)C(C)(C)C)OCC(OC)(OC)[C@@H](O)[C@@H](F)n1cnc2c(=O)[nH]c(N)nc21)C(C)(C)C. The quantitative estimate of drug-likeness (QED) is 0.113. The zero-order chi connectivity index (χ0) is 32.1. The van der Waals surface area contributed by atoms with Crippen LogP contribution in [0.5, 0.6) is 0 Å². The Labute approximate surface area is 241 Å². The van der Waals surface area contributed by atoms with Crippen LogP contribution in [0, 0.1) is 10.8 Å². The first-order chi connectivity index (χ1) is 19.3. The highest BCUT2D eigenvalue weighted by Gasteiger charge is 2.48. The number of methoxy groups -OCH3 is 2. The number of nitrogens with zero attached hydrogens (tertiary/aromatic N) is 3. The minimum absolute atomic E-state index is 0.247. The summed E-state index contributed by atoms with van der Waals surface area (Å²) in [5.74, 6) is -3.05. The number of carbonyl (C=O) groups excluding carboxylic acids is 1. The molecule has 16 nitrogen and oxygen atoms in total. The lowest BCUT2D eigenvalue weighted by molar-refractivity contribution is -0.290. The number of aliphatic hydroxyl groups excluding tert-OH is 1. The second-order valence-electron chi connectivity index (χ2n) is 11.0. The zero-order valence-electron chi connectivity index (χ0n) is 24.8. The molecule has 4 N–H and O–H groups in total. The molecule has 0 aliphatic heterocycles. The molecule has 0 bridgehead atoms.